The molecule has 0 radical (unpaired) electrons. The highest BCUT2D eigenvalue weighted by Gasteiger charge is 2.21. The predicted molar refractivity (Wildman–Crippen MR) is 140 cm³/mol. The second kappa shape index (κ2) is 12.4. The van der Waals surface area contributed by atoms with Gasteiger partial charge in [0.25, 0.3) is 0 Å². The molecule has 8 heteroatoms. The van der Waals surface area contributed by atoms with Crippen LogP contribution in [0.15, 0.2) is 53.5 Å². The summed E-state index contributed by atoms with van der Waals surface area (Å²) in [7, 11) is 1.74. The minimum atomic E-state index is -0.0466. The average molecular weight is 549 g/mol. The predicted octanol–water partition coefficient (Wildman–Crippen LogP) is 3.89. The molecule has 0 aromatic heterocycles. The fraction of sp³-hybridized carbons (Fsp3) is 0.375. The largest absolute Gasteiger partial charge is 0.352 e. The molecular weight excluding hydrogens is 517 g/mol. The summed E-state index contributed by atoms with van der Waals surface area (Å²) in [6.45, 7) is 5.80. The number of anilines is 2. The highest BCUT2D eigenvalue weighted by molar-refractivity contribution is 14.0. The molecule has 1 aliphatic heterocycles. The molecule has 1 fully saturated rings. The number of rotatable bonds is 7. The maximum atomic E-state index is 11.9. The topological polar surface area (TPSA) is 85.8 Å². The molecule has 2 aromatic rings. The van der Waals surface area contributed by atoms with Crippen molar-refractivity contribution < 1.29 is 9.59 Å². The van der Waals surface area contributed by atoms with Gasteiger partial charge in [0.15, 0.2) is 5.96 Å². The zero-order valence-electron chi connectivity index (χ0n) is 18.9. The summed E-state index contributed by atoms with van der Waals surface area (Å²) in [5.74, 6) is 0.868. The van der Waals surface area contributed by atoms with Crippen LogP contribution in [0.2, 0.25) is 0 Å². The zero-order valence-corrected chi connectivity index (χ0v) is 21.2. The smallest absolute Gasteiger partial charge is 0.227 e. The minimum absolute atomic E-state index is 0. The highest BCUT2D eigenvalue weighted by atomic mass is 127. The normalized spacial score (nSPS) is 13.7. The van der Waals surface area contributed by atoms with Crippen LogP contribution in [0.3, 0.4) is 0 Å². The third-order valence-corrected chi connectivity index (χ3v) is 5.21. The van der Waals surface area contributed by atoms with Crippen LogP contribution in [0.25, 0.3) is 0 Å². The van der Waals surface area contributed by atoms with E-state index in [1.165, 1.54) is 0 Å². The Bertz CT molecular complexity index is 926. The number of guanidine groups is 1. The van der Waals surface area contributed by atoms with Crippen LogP contribution in [0.4, 0.5) is 11.4 Å². The fourth-order valence-corrected chi connectivity index (χ4v) is 3.30. The molecule has 0 spiro atoms. The molecule has 172 valence electrons. The van der Waals surface area contributed by atoms with Crippen molar-refractivity contribution in [2.24, 2.45) is 10.9 Å². The lowest BCUT2D eigenvalue weighted by Crippen LogP contribution is -2.36. The van der Waals surface area contributed by atoms with Crippen LogP contribution in [-0.4, -0.2) is 31.4 Å². The molecule has 7 nitrogen and oxygen atoms in total. The quantitative estimate of drug-likeness (QED) is 0.278. The number of carbonyl (C=O) groups excluding carboxylic acids is 2. The molecule has 0 atom stereocenters. The van der Waals surface area contributed by atoms with E-state index in [0.29, 0.717) is 25.5 Å². The van der Waals surface area contributed by atoms with E-state index in [-0.39, 0.29) is 41.7 Å². The van der Waals surface area contributed by atoms with Crippen LogP contribution in [0.1, 0.15) is 37.8 Å². The lowest BCUT2D eigenvalue weighted by Gasteiger charge is -2.16. The van der Waals surface area contributed by atoms with Gasteiger partial charge in [0.05, 0.1) is 0 Å². The summed E-state index contributed by atoms with van der Waals surface area (Å²) in [5.41, 5.74) is 3.96. The minimum Gasteiger partial charge on any atom is -0.352 e. The Hall–Kier alpha value is -2.62. The van der Waals surface area contributed by atoms with E-state index in [9.17, 15) is 9.59 Å². The summed E-state index contributed by atoms with van der Waals surface area (Å²) in [5, 5.41) is 9.49. The molecule has 0 saturated carbocycles. The molecule has 3 N–H and O–H groups in total. The number of halogens is 1. The number of aliphatic imine (C=N–C) groups is 1. The lowest BCUT2D eigenvalue weighted by molar-refractivity contribution is -0.119. The van der Waals surface area contributed by atoms with Crippen molar-refractivity contribution in [3.8, 4) is 0 Å². The summed E-state index contributed by atoms with van der Waals surface area (Å²) in [6, 6.07) is 15.8. The van der Waals surface area contributed by atoms with E-state index in [1.54, 1.807) is 7.05 Å². The van der Waals surface area contributed by atoms with E-state index in [1.807, 2.05) is 67.3 Å². The van der Waals surface area contributed by atoms with Gasteiger partial charge in [-0.1, -0.05) is 38.1 Å². The third-order valence-electron chi connectivity index (χ3n) is 5.21. The van der Waals surface area contributed by atoms with Crippen LogP contribution in [-0.2, 0) is 22.7 Å². The first-order chi connectivity index (χ1) is 15.0. The number of hydrogen-bond donors (Lipinski definition) is 3. The van der Waals surface area contributed by atoms with Gasteiger partial charge >= 0.3 is 0 Å². The van der Waals surface area contributed by atoms with Crippen molar-refractivity contribution in [1.29, 1.82) is 0 Å². The Morgan fingerprint density at radius 2 is 1.56 bits per heavy atom. The maximum Gasteiger partial charge on any atom is 0.227 e. The Morgan fingerprint density at radius 1 is 1.00 bits per heavy atom. The molecular formula is C24H32IN5O2. The standard InChI is InChI=1S/C24H31N5O2.HI/c1-17(2)23(31)28-20-10-6-18(7-11-20)15-26-24(25-3)27-16-19-8-12-21(13-9-19)29-14-4-5-22(29)30;/h6-13,17H,4-5,14-16H2,1-3H3,(H,28,31)(H2,25,26,27);1H. The van der Waals surface area contributed by atoms with E-state index >= 15 is 0 Å². The van der Waals surface area contributed by atoms with Crippen molar-refractivity contribution in [2.45, 2.75) is 39.8 Å². The molecule has 0 unspecified atom stereocenters. The fourth-order valence-electron chi connectivity index (χ4n) is 3.30. The molecule has 0 bridgehead atoms. The maximum absolute atomic E-state index is 11.9. The third kappa shape index (κ3) is 7.22. The first-order valence-electron chi connectivity index (χ1n) is 10.7. The summed E-state index contributed by atoms with van der Waals surface area (Å²) >= 11 is 0. The average Bonchev–Trinajstić information content (AvgIpc) is 3.21. The molecule has 0 aliphatic carbocycles. The van der Waals surface area contributed by atoms with Crippen LogP contribution < -0.4 is 20.9 Å². The molecule has 1 heterocycles. The highest BCUT2D eigenvalue weighted by Crippen LogP contribution is 2.21. The van der Waals surface area contributed by atoms with Gasteiger partial charge in [-0.15, -0.1) is 24.0 Å². The van der Waals surface area contributed by atoms with E-state index < -0.39 is 0 Å². The van der Waals surface area contributed by atoms with Crippen molar-refractivity contribution >= 4 is 53.1 Å². The summed E-state index contributed by atoms with van der Waals surface area (Å²) in [6.07, 6.45) is 1.57. The number of nitrogens with zero attached hydrogens (tertiary/aromatic N) is 2. The van der Waals surface area contributed by atoms with E-state index in [4.69, 9.17) is 0 Å². The Balaban J connectivity index is 0.00000363. The molecule has 2 amide bonds. The summed E-state index contributed by atoms with van der Waals surface area (Å²) < 4.78 is 0. The van der Waals surface area contributed by atoms with Crippen molar-refractivity contribution in [3.05, 3.63) is 59.7 Å². The van der Waals surface area contributed by atoms with Crippen LogP contribution in [0.5, 0.6) is 0 Å². The Kier molecular flexibility index (Phi) is 9.96. The van der Waals surface area contributed by atoms with Crippen molar-refractivity contribution in [3.63, 3.8) is 0 Å². The van der Waals surface area contributed by atoms with E-state index in [0.717, 1.165) is 35.5 Å². The summed E-state index contributed by atoms with van der Waals surface area (Å²) in [4.78, 5) is 29.8. The second-order valence-electron chi connectivity index (χ2n) is 7.94. The number of carbonyl (C=O) groups is 2. The molecule has 32 heavy (non-hydrogen) atoms. The van der Waals surface area contributed by atoms with Crippen LogP contribution >= 0.6 is 24.0 Å². The van der Waals surface area contributed by atoms with E-state index in [2.05, 4.69) is 20.9 Å². The first-order valence-corrected chi connectivity index (χ1v) is 10.7. The number of hydrogen-bond acceptors (Lipinski definition) is 3. The first kappa shape index (κ1) is 25.6. The van der Waals surface area contributed by atoms with Crippen molar-refractivity contribution in [2.75, 3.05) is 23.8 Å². The zero-order chi connectivity index (χ0) is 22.2. The molecule has 1 saturated heterocycles. The van der Waals surface area contributed by atoms with Gasteiger partial charge in [0, 0.05) is 50.4 Å². The van der Waals surface area contributed by atoms with Gasteiger partial charge in [-0.25, -0.2) is 0 Å². The van der Waals surface area contributed by atoms with Gasteiger partial charge in [0.1, 0.15) is 0 Å². The van der Waals surface area contributed by atoms with Crippen molar-refractivity contribution in [1.82, 2.24) is 10.6 Å². The van der Waals surface area contributed by atoms with Crippen LogP contribution in [0, 0.1) is 5.92 Å². The number of amides is 2. The molecule has 1 aliphatic rings. The van der Waals surface area contributed by atoms with Gasteiger partial charge in [-0.3, -0.25) is 14.6 Å². The molecule has 3 rings (SSSR count). The SMILES string of the molecule is CN=C(NCc1ccc(NC(=O)C(C)C)cc1)NCc1ccc(N2CCCC2=O)cc1.I. The monoisotopic (exact) mass is 549 g/mol. The number of benzene rings is 2. The second-order valence-corrected chi connectivity index (χ2v) is 7.94. The number of nitrogens with one attached hydrogen (secondary N) is 3. The van der Waals surface area contributed by atoms with Gasteiger partial charge in [-0.05, 0) is 41.8 Å². The Morgan fingerprint density at radius 3 is 2.03 bits per heavy atom. The molecule has 2 aromatic carbocycles. The Labute approximate surface area is 207 Å². The van der Waals surface area contributed by atoms with Gasteiger partial charge in [0.2, 0.25) is 11.8 Å². The lowest BCUT2D eigenvalue weighted by atomic mass is 10.1. The van der Waals surface area contributed by atoms with Gasteiger partial charge in [-0.2, -0.15) is 0 Å². The van der Waals surface area contributed by atoms with Gasteiger partial charge < -0.3 is 20.9 Å².